The molecular formula is C9H18N2OS. The van der Waals surface area contributed by atoms with Gasteiger partial charge in [-0.15, -0.1) is 0 Å². The van der Waals surface area contributed by atoms with E-state index in [0.717, 1.165) is 13.0 Å². The average molecular weight is 202 g/mol. The fraction of sp³-hybridized carbons (Fsp3) is 0.778. The molecular weight excluding hydrogens is 184 g/mol. The van der Waals surface area contributed by atoms with Gasteiger partial charge in [0.2, 0.25) is 5.91 Å². The smallest absolute Gasteiger partial charge is 0.229 e. The van der Waals surface area contributed by atoms with Crippen LogP contribution in [0.3, 0.4) is 0 Å². The number of rotatable bonds is 5. The summed E-state index contributed by atoms with van der Waals surface area (Å²) in [4.78, 5) is 13.3. The molecule has 0 saturated heterocycles. The van der Waals surface area contributed by atoms with E-state index in [2.05, 4.69) is 26.1 Å². The number of amides is 1. The summed E-state index contributed by atoms with van der Waals surface area (Å²) < 4.78 is 0. The van der Waals surface area contributed by atoms with Crippen molar-refractivity contribution < 1.29 is 4.79 Å². The van der Waals surface area contributed by atoms with Gasteiger partial charge in [-0.25, -0.2) is 0 Å². The zero-order chi connectivity index (χ0) is 10.4. The van der Waals surface area contributed by atoms with Crippen LogP contribution in [-0.4, -0.2) is 29.4 Å². The maximum atomic E-state index is 11.4. The highest BCUT2D eigenvalue weighted by Crippen LogP contribution is 2.03. The highest BCUT2D eigenvalue weighted by atomic mass is 32.1. The Balaban J connectivity index is 3.89. The van der Waals surface area contributed by atoms with Crippen LogP contribution < -0.4 is 5.73 Å². The summed E-state index contributed by atoms with van der Waals surface area (Å²) in [5, 5.41) is 0. The molecule has 1 amide bonds. The van der Waals surface area contributed by atoms with Crippen molar-refractivity contribution in [3.8, 4) is 0 Å². The second-order valence-electron chi connectivity index (χ2n) is 3.43. The van der Waals surface area contributed by atoms with Crippen LogP contribution in [0.5, 0.6) is 0 Å². The van der Waals surface area contributed by atoms with Crippen molar-refractivity contribution in [1.82, 2.24) is 4.90 Å². The van der Waals surface area contributed by atoms with Crippen molar-refractivity contribution in [2.45, 2.75) is 26.7 Å². The van der Waals surface area contributed by atoms with Gasteiger partial charge in [0.25, 0.3) is 0 Å². The molecule has 0 aliphatic rings. The lowest BCUT2D eigenvalue weighted by molar-refractivity contribution is -0.129. The molecule has 1 unspecified atom stereocenters. The minimum Gasteiger partial charge on any atom is -0.393 e. The van der Waals surface area contributed by atoms with Crippen LogP contribution in [0.2, 0.25) is 0 Å². The Bertz CT molecular complexity index is 194. The van der Waals surface area contributed by atoms with E-state index >= 15 is 0 Å². The van der Waals surface area contributed by atoms with E-state index in [9.17, 15) is 4.79 Å². The molecule has 4 heteroatoms. The monoisotopic (exact) mass is 202 g/mol. The van der Waals surface area contributed by atoms with E-state index in [1.54, 1.807) is 11.9 Å². The van der Waals surface area contributed by atoms with Crippen molar-refractivity contribution in [2.24, 2.45) is 11.7 Å². The van der Waals surface area contributed by atoms with Crippen molar-refractivity contribution in [1.29, 1.82) is 0 Å². The molecule has 2 N–H and O–H groups in total. The second-order valence-corrected chi connectivity index (χ2v) is 3.96. The molecule has 0 aromatic rings. The Kier molecular flexibility index (Phi) is 5.62. The third-order valence-electron chi connectivity index (χ3n) is 2.03. The van der Waals surface area contributed by atoms with Crippen molar-refractivity contribution in [3.63, 3.8) is 0 Å². The van der Waals surface area contributed by atoms with Gasteiger partial charge in [0.1, 0.15) is 0 Å². The van der Waals surface area contributed by atoms with Crippen molar-refractivity contribution in [2.75, 3.05) is 13.6 Å². The Labute approximate surface area is 85.3 Å². The molecule has 76 valence electrons. The lowest BCUT2D eigenvalue weighted by Crippen LogP contribution is -2.33. The summed E-state index contributed by atoms with van der Waals surface area (Å²) >= 11 is 4.66. The predicted octanol–water partition coefficient (Wildman–Crippen LogP) is 1.17. The standard InChI is InChI=1S/C9H18N2OS/c1-4-7(2)6-11(3)9(12)5-8(10)13/h7H,4-6H2,1-3H3,(H2,10,13). The highest BCUT2D eigenvalue weighted by Gasteiger charge is 2.11. The third-order valence-corrected chi connectivity index (χ3v) is 2.18. The first-order valence-corrected chi connectivity index (χ1v) is 4.90. The summed E-state index contributed by atoms with van der Waals surface area (Å²) in [6.07, 6.45) is 1.26. The fourth-order valence-electron chi connectivity index (χ4n) is 0.982. The Morgan fingerprint density at radius 3 is 2.54 bits per heavy atom. The number of hydrogen-bond acceptors (Lipinski definition) is 2. The molecule has 0 fully saturated rings. The molecule has 0 bridgehead atoms. The molecule has 0 heterocycles. The van der Waals surface area contributed by atoms with Gasteiger partial charge in [-0.2, -0.15) is 0 Å². The number of thiocarbonyl (C=S) groups is 1. The van der Waals surface area contributed by atoms with Crippen molar-refractivity contribution >= 4 is 23.1 Å². The summed E-state index contributed by atoms with van der Waals surface area (Å²) in [6.45, 7) is 5.00. The minimum absolute atomic E-state index is 0.00722. The van der Waals surface area contributed by atoms with E-state index in [1.807, 2.05) is 0 Å². The molecule has 1 atom stereocenters. The summed E-state index contributed by atoms with van der Waals surface area (Å²) in [7, 11) is 1.78. The van der Waals surface area contributed by atoms with Crippen LogP contribution >= 0.6 is 12.2 Å². The molecule has 0 aromatic heterocycles. The van der Waals surface area contributed by atoms with E-state index in [1.165, 1.54) is 0 Å². The van der Waals surface area contributed by atoms with E-state index in [-0.39, 0.29) is 17.3 Å². The SMILES string of the molecule is CCC(C)CN(C)C(=O)CC(N)=S. The number of hydrogen-bond donors (Lipinski definition) is 1. The molecule has 0 aliphatic carbocycles. The first kappa shape index (κ1) is 12.4. The van der Waals surface area contributed by atoms with Gasteiger partial charge in [0.05, 0.1) is 11.4 Å². The summed E-state index contributed by atoms with van der Waals surface area (Å²) in [5.41, 5.74) is 5.28. The van der Waals surface area contributed by atoms with Crippen LogP contribution in [0, 0.1) is 5.92 Å². The van der Waals surface area contributed by atoms with Crippen LogP contribution in [0.1, 0.15) is 26.7 Å². The fourth-order valence-corrected chi connectivity index (χ4v) is 1.11. The van der Waals surface area contributed by atoms with Gasteiger partial charge in [-0.05, 0) is 5.92 Å². The van der Waals surface area contributed by atoms with Crippen molar-refractivity contribution in [3.05, 3.63) is 0 Å². The summed E-state index contributed by atoms with van der Waals surface area (Å²) in [6, 6.07) is 0. The maximum absolute atomic E-state index is 11.4. The molecule has 13 heavy (non-hydrogen) atoms. The lowest BCUT2D eigenvalue weighted by atomic mass is 10.1. The summed E-state index contributed by atoms with van der Waals surface area (Å²) in [5.74, 6) is 0.535. The normalized spacial score (nSPS) is 12.2. The average Bonchev–Trinajstić information content (AvgIpc) is 2.02. The van der Waals surface area contributed by atoms with E-state index < -0.39 is 0 Å². The van der Waals surface area contributed by atoms with Gasteiger partial charge in [0.15, 0.2) is 0 Å². The maximum Gasteiger partial charge on any atom is 0.229 e. The van der Waals surface area contributed by atoms with Gasteiger partial charge in [-0.3, -0.25) is 4.79 Å². The van der Waals surface area contributed by atoms with Gasteiger partial charge < -0.3 is 10.6 Å². The lowest BCUT2D eigenvalue weighted by Gasteiger charge is -2.20. The Hall–Kier alpha value is -0.640. The Morgan fingerprint density at radius 1 is 1.62 bits per heavy atom. The van der Waals surface area contributed by atoms with Crippen LogP contribution in [0.4, 0.5) is 0 Å². The van der Waals surface area contributed by atoms with Gasteiger partial charge in [-0.1, -0.05) is 32.5 Å². The highest BCUT2D eigenvalue weighted by molar-refractivity contribution is 7.80. The zero-order valence-electron chi connectivity index (χ0n) is 8.54. The van der Waals surface area contributed by atoms with E-state index in [4.69, 9.17) is 5.73 Å². The molecule has 3 nitrogen and oxygen atoms in total. The first-order valence-electron chi connectivity index (χ1n) is 4.49. The Morgan fingerprint density at radius 2 is 2.15 bits per heavy atom. The molecule has 0 saturated carbocycles. The van der Waals surface area contributed by atoms with Crippen LogP contribution in [0.25, 0.3) is 0 Å². The van der Waals surface area contributed by atoms with Crippen LogP contribution in [0.15, 0.2) is 0 Å². The molecule has 0 radical (unpaired) electrons. The zero-order valence-corrected chi connectivity index (χ0v) is 9.36. The van der Waals surface area contributed by atoms with E-state index in [0.29, 0.717) is 5.92 Å². The predicted molar refractivity (Wildman–Crippen MR) is 58.5 cm³/mol. The molecule has 0 spiro atoms. The molecule has 0 rings (SSSR count). The number of nitrogens with two attached hydrogens (primary N) is 1. The number of nitrogens with zero attached hydrogens (tertiary/aromatic N) is 1. The largest absolute Gasteiger partial charge is 0.393 e. The van der Waals surface area contributed by atoms with Gasteiger partial charge >= 0.3 is 0 Å². The third kappa shape index (κ3) is 5.58. The molecule has 0 aromatic carbocycles. The molecule has 0 aliphatic heterocycles. The van der Waals surface area contributed by atoms with Crippen LogP contribution in [-0.2, 0) is 4.79 Å². The second kappa shape index (κ2) is 5.91. The number of carbonyl (C=O) groups excluding carboxylic acids is 1. The van der Waals surface area contributed by atoms with Gasteiger partial charge in [0, 0.05) is 13.6 Å². The first-order chi connectivity index (χ1) is 5.97. The quantitative estimate of drug-likeness (QED) is 0.681. The number of carbonyl (C=O) groups is 1. The topological polar surface area (TPSA) is 46.3 Å². The minimum atomic E-state index is 0.00722.